The summed E-state index contributed by atoms with van der Waals surface area (Å²) >= 11 is 0. The molecule has 0 atom stereocenters. The zero-order valence-electron chi connectivity index (χ0n) is 14.3. The minimum atomic E-state index is -0.150. The van der Waals surface area contributed by atoms with Crippen LogP contribution in [-0.2, 0) is 31.2 Å². The number of ether oxygens (including phenoxy) is 2. The Balaban J connectivity index is 0.00000264. The standard InChI is InChI=1S/C19H24O3.W/c1-13-10-15(6-8-17(13)20)19(3,4)16-7-9-18(14(2)11-16)22-12-21-5;/h6-11,20H,12H2,1-5H3;. The SMILES string of the molecule is COCOc1ccc(C(C)(C)c2ccc(O)c(C)c2)cc1C.[W]. The monoisotopic (exact) mass is 484 g/mol. The van der Waals surface area contributed by atoms with Gasteiger partial charge in [0.1, 0.15) is 11.5 Å². The zero-order valence-corrected chi connectivity index (χ0v) is 17.3. The molecule has 4 heteroatoms. The van der Waals surface area contributed by atoms with E-state index in [1.807, 2.05) is 32.0 Å². The Labute approximate surface area is 152 Å². The van der Waals surface area contributed by atoms with E-state index in [9.17, 15) is 5.11 Å². The molecule has 0 heterocycles. The summed E-state index contributed by atoms with van der Waals surface area (Å²) in [6.45, 7) is 8.57. The molecule has 2 aromatic rings. The molecule has 3 nitrogen and oxygen atoms in total. The molecule has 0 radical (unpaired) electrons. The van der Waals surface area contributed by atoms with Crippen LogP contribution in [0.3, 0.4) is 0 Å². The maximum atomic E-state index is 9.71. The van der Waals surface area contributed by atoms with Crippen LogP contribution < -0.4 is 4.74 Å². The molecule has 0 aliphatic heterocycles. The molecule has 2 rings (SSSR count). The van der Waals surface area contributed by atoms with Crippen molar-refractivity contribution in [3.05, 3.63) is 58.7 Å². The Morgan fingerprint density at radius 1 is 0.957 bits per heavy atom. The van der Waals surface area contributed by atoms with E-state index in [1.54, 1.807) is 13.2 Å². The minimum absolute atomic E-state index is 0. The van der Waals surface area contributed by atoms with Gasteiger partial charge in [0.15, 0.2) is 6.79 Å². The average molecular weight is 484 g/mol. The maximum absolute atomic E-state index is 9.71. The number of methoxy groups -OCH3 is 1. The Kier molecular flexibility index (Phi) is 6.85. The molecule has 2 aromatic carbocycles. The first kappa shape index (κ1) is 19.7. The fourth-order valence-corrected chi connectivity index (χ4v) is 2.53. The van der Waals surface area contributed by atoms with Crippen molar-refractivity contribution < 1.29 is 35.6 Å². The predicted octanol–water partition coefficient (Wildman–Crippen LogP) is 4.32. The quantitative estimate of drug-likeness (QED) is 0.644. The van der Waals surface area contributed by atoms with Gasteiger partial charge in [0, 0.05) is 33.6 Å². The van der Waals surface area contributed by atoms with Crippen LogP contribution in [0, 0.1) is 13.8 Å². The number of benzene rings is 2. The van der Waals surface area contributed by atoms with Crippen molar-refractivity contribution in [2.24, 2.45) is 0 Å². The fourth-order valence-electron chi connectivity index (χ4n) is 2.53. The molecule has 23 heavy (non-hydrogen) atoms. The third kappa shape index (κ3) is 4.36. The van der Waals surface area contributed by atoms with Crippen LogP contribution in [-0.4, -0.2) is 19.0 Å². The molecular weight excluding hydrogens is 460 g/mol. The first-order valence-corrected chi connectivity index (χ1v) is 7.39. The van der Waals surface area contributed by atoms with Gasteiger partial charge < -0.3 is 14.6 Å². The van der Waals surface area contributed by atoms with Crippen molar-refractivity contribution in [1.29, 1.82) is 0 Å². The van der Waals surface area contributed by atoms with Crippen LogP contribution in [0.2, 0.25) is 0 Å². The van der Waals surface area contributed by atoms with Crippen LogP contribution in [0.4, 0.5) is 0 Å². The second-order valence-corrected chi connectivity index (χ2v) is 6.16. The molecular formula is C19H24O3W. The molecule has 0 unspecified atom stereocenters. The number of phenols is 1. The molecule has 0 aliphatic rings. The molecule has 0 spiro atoms. The Bertz CT molecular complexity index is 666. The number of rotatable bonds is 5. The summed E-state index contributed by atoms with van der Waals surface area (Å²) in [5.74, 6) is 1.17. The molecule has 0 aromatic heterocycles. The number of aryl methyl sites for hydroxylation is 2. The van der Waals surface area contributed by atoms with Crippen LogP contribution in [0.5, 0.6) is 11.5 Å². The van der Waals surface area contributed by atoms with Crippen LogP contribution in [0.1, 0.15) is 36.1 Å². The summed E-state index contributed by atoms with van der Waals surface area (Å²) in [5.41, 5.74) is 4.20. The predicted molar refractivity (Wildman–Crippen MR) is 88.7 cm³/mol. The van der Waals surface area contributed by atoms with Crippen molar-refractivity contribution in [2.75, 3.05) is 13.9 Å². The van der Waals surface area contributed by atoms with Crippen molar-refractivity contribution in [2.45, 2.75) is 33.1 Å². The van der Waals surface area contributed by atoms with Gasteiger partial charge >= 0.3 is 0 Å². The Hall–Kier alpha value is -1.31. The Morgan fingerprint density at radius 3 is 2.04 bits per heavy atom. The summed E-state index contributed by atoms with van der Waals surface area (Å²) in [5, 5.41) is 9.71. The second-order valence-electron chi connectivity index (χ2n) is 6.16. The third-order valence-electron chi connectivity index (χ3n) is 4.15. The van der Waals surface area contributed by atoms with Crippen LogP contribution >= 0.6 is 0 Å². The molecule has 0 bridgehead atoms. The van der Waals surface area contributed by atoms with Gasteiger partial charge in [-0.3, -0.25) is 0 Å². The molecule has 0 fully saturated rings. The third-order valence-corrected chi connectivity index (χ3v) is 4.15. The molecule has 0 saturated heterocycles. The molecule has 0 aliphatic carbocycles. The van der Waals surface area contributed by atoms with E-state index >= 15 is 0 Å². The summed E-state index contributed by atoms with van der Waals surface area (Å²) < 4.78 is 10.5. The fraction of sp³-hybridized carbons (Fsp3) is 0.368. The van der Waals surface area contributed by atoms with E-state index in [2.05, 4.69) is 26.0 Å². The van der Waals surface area contributed by atoms with E-state index in [0.29, 0.717) is 5.75 Å². The van der Waals surface area contributed by atoms with E-state index in [-0.39, 0.29) is 33.3 Å². The smallest absolute Gasteiger partial charge is 0.188 e. The number of phenolic OH excluding ortho intramolecular Hbond substituents is 1. The molecule has 124 valence electrons. The van der Waals surface area contributed by atoms with Crippen molar-refractivity contribution in [3.8, 4) is 11.5 Å². The summed E-state index contributed by atoms with van der Waals surface area (Å²) in [4.78, 5) is 0. The summed E-state index contributed by atoms with van der Waals surface area (Å²) in [7, 11) is 1.61. The maximum Gasteiger partial charge on any atom is 0.188 e. The van der Waals surface area contributed by atoms with Crippen molar-refractivity contribution in [3.63, 3.8) is 0 Å². The van der Waals surface area contributed by atoms with Crippen molar-refractivity contribution >= 4 is 0 Å². The topological polar surface area (TPSA) is 38.7 Å². The number of aromatic hydroxyl groups is 1. The van der Waals surface area contributed by atoms with E-state index in [4.69, 9.17) is 9.47 Å². The van der Waals surface area contributed by atoms with Gasteiger partial charge in [-0.15, -0.1) is 0 Å². The summed E-state index contributed by atoms with van der Waals surface area (Å²) in [6.07, 6.45) is 0. The largest absolute Gasteiger partial charge is 0.508 e. The molecule has 0 saturated carbocycles. The van der Waals surface area contributed by atoms with E-state index in [0.717, 1.165) is 16.9 Å². The molecule has 1 N–H and O–H groups in total. The first-order chi connectivity index (χ1) is 10.4. The van der Waals surface area contributed by atoms with E-state index < -0.39 is 0 Å². The van der Waals surface area contributed by atoms with Crippen LogP contribution in [0.25, 0.3) is 0 Å². The van der Waals surface area contributed by atoms with Gasteiger partial charge in [-0.25, -0.2) is 0 Å². The van der Waals surface area contributed by atoms with Crippen LogP contribution in [0.15, 0.2) is 36.4 Å². The van der Waals surface area contributed by atoms with Crippen molar-refractivity contribution in [1.82, 2.24) is 0 Å². The molecule has 0 amide bonds. The number of hydrogen-bond donors (Lipinski definition) is 1. The Morgan fingerprint density at radius 2 is 1.52 bits per heavy atom. The second kappa shape index (κ2) is 7.99. The zero-order chi connectivity index (χ0) is 16.3. The van der Waals surface area contributed by atoms with Gasteiger partial charge in [0.2, 0.25) is 0 Å². The van der Waals surface area contributed by atoms with E-state index in [1.165, 1.54) is 11.1 Å². The number of hydrogen-bond acceptors (Lipinski definition) is 3. The van der Waals surface area contributed by atoms with Gasteiger partial charge in [0.05, 0.1) is 0 Å². The normalized spacial score (nSPS) is 11.0. The summed E-state index contributed by atoms with van der Waals surface area (Å²) in [6, 6.07) is 12.0. The van der Waals surface area contributed by atoms with Gasteiger partial charge in [-0.1, -0.05) is 38.1 Å². The average Bonchev–Trinajstić information content (AvgIpc) is 2.48. The van der Waals surface area contributed by atoms with Gasteiger partial charge in [-0.05, 0) is 48.2 Å². The minimum Gasteiger partial charge on any atom is -0.508 e. The van der Waals surface area contributed by atoms with Gasteiger partial charge in [-0.2, -0.15) is 0 Å². The van der Waals surface area contributed by atoms with Gasteiger partial charge in [0.25, 0.3) is 0 Å². The first-order valence-electron chi connectivity index (χ1n) is 7.39.